The van der Waals surface area contributed by atoms with Crippen molar-refractivity contribution in [1.29, 1.82) is 0 Å². The predicted molar refractivity (Wildman–Crippen MR) is 209 cm³/mol. The van der Waals surface area contributed by atoms with Crippen LogP contribution in [-0.2, 0) is 22.2 Å². The van der Waals surface area contributed by atoms with Gasteiger partial charge in [-0.2, -0.15) is 18.2 Å². The van der Waals surface area contributed by atoms with Crippen LogP contribution in [0.3, 0.4) is 0 Å². The number of piperidine rings is 1. The molecule has 2 unspecified atom stereocenters. The maximum atomic E-state index is 13.3. The summed E-state index contributed by atoms with van der Waals surface area (Å²) in [5.74, 6) is -0.339. The SMILES string of the molecule is C=O.CCCC.CCCOc1ncc(-c2c(C)cc(CC)cc2C)cc1N1CCC(C(=O)N=C(N)c2ccc(C(F)(F)F)nc2C2CC2)CC1C.CN. The fourth-order valence-corrected chi connectivity index (χ4v) is 6.35. The molecule has 1 aliphatic carbocycles. The summed E-state index contributed by atoms with van der Waals surface area (Å²) in [5, 5.41) is 0. The highest BCUT2D eigenvalue weighted by Gasteiger charge is 2.37. The molecule has 9 nitrogen and oxygen atoms in total. The van der Waals surface area contributed by atoms with Crippen LogP contribution < -0.4 is 21.1 Å². The minimum atomic E-state index is -4.55. The molecule has 0 bridgehead atoms. The van der Waals surface area contributed by atoms with Gasteiger partial charge < -0.3 is 25.9 Å². The Morgan fingerprint density at radius 3 is 2.13 bits per heavy atom. The molecule has 2 fully saturated rings. The summed E-state index contributed by atoms with van der Waals surface area (Å²) in [7, 11) is 1.50. The quantitative estimate of drug-likeness (QED) is 0.156. The first-order valence-electron chi connectivity index (χ1n) is 18.7. The zero-order valence-corrected chi connectivity index (χ0v) is 32.8. The molecule has 3 aromatic rings. The van der Waals surface area contributed by atoms with Gasteiger partial charge in [0, 0.05) is 41.7 Å². The van der Waals surface area contributed by atoms with Crippen LogP contribution in [0.15, 0.2) is 41.5 Å². The van der Waals surface area contributed by atoms with Gasteiger partial charge >= 0.3 is 6.18 Å². The van der Waals surface area contributed by atoms with E-state index in [1.54, 1.807) is 0 Å². The fourth-order valence-electron chi connectivity index (χ4n) is 6.35. The van der Waals surface area contributed by atoms with E-state index in [0.717, 1.165) is 48.6 Å². The Morgan fingerprint density at radius 2 is 1.62 bits per heavy atom. The lowest BCUT2D eigenvalue weighted by Crippen LogP contribution is -2.43. The number of nitrogens with zero attached hydrogens (tertiary/aromatic N) is 4. The molecule has 53 heavy (non-hydrogen) atoms. The second-order valence-corrected chi connectivity index (χ2v) is 13.4. The third-order valence-electron chi connectivity index (χ3n) is 9.29. The number of carbonyl (C=O) groups excluding carboxylic acids is 2. The van der Waals surface area contributed by atoms with Crippen LogP contribution in [0.4, 0.5) is 18.9 Å². The van der Waals surface area contributed by atoms with Gasteiger partial charge in [-0.05, 0) is 107 Å². The number of benzene rings is 1. The number of halogens is 3. The van der Waals surface area contributed by atoms with Gasteiger partial charge in [0.2, 0.25) is 5.88 Å². The van der Waals surface area contributed by atoms with E-state index in [0.29, 0.717) is 37.4 Å². The summed E-state index contributed by atoms with van der Waals surface area (Å²) >= 11 is 0. The summed E-state index contributed by atoms with van der Waals surface area (Å²) in [6.45, 7) is 18.0. The zero-order valence-electron chi connectivity index (χ0n) is 32.8. The van der Waals surface area contributed by atoms with Gasteiger partial charge in [0.05, 0.1) is 12.3 Å². The van der Waals surface area contributed by atoms with Crippen molar-refractivity contribution in [2.24, 2.45) is 22.4 Å². The second-order valence-electron chi connectivity index (χ2n) is 13.4. The van der Waals surface area contributed by atoms with Crippen LogP contribution in [0.1, 0.15) is 119 Å². The fraction of sp³-hybridized carbons (Fsp3) is 0.537. The van der Waals surface area contributed by atoms with Crippen LogP contribution in [-0.4, -0.2) is 54.7 Å². The molecular formula is C41H59F3N6O3. The highest BCUT2D eigenvalue weighted by Crippen LogP contribution is 2.42. The monoisotopic (exact) mass is 740 g/mol. The van der Waals surface area contributed by atoms with E-state index in [1.165, 1.54) is 42.6 Å². The summed E-state index contributed by atoms with van der Waals surface area (Å²) < 4.78 is 46.0. The van der Waals surface area contributed by atoms with E-state index in [1.807, 2.05) is 13.0 Å². The van der Waals surface area contributed by atoms with Gasteiger partial charge in [0.1, 0.15) is 24.0 Å². The molecule has 1 saturated carbocycles. The second kappa shape index (κ2) is 21.4. The van der Waals surface area contributed by atoms with Crippen LogP contribution in [0.25, 0.3) is 11.1 Å². The van der Waals surface area contributed by atoms with Crippen molar-refractivity contribution in [3.05, 3.63) is 70.2 Å². The molecule has 3 heterocycles. The highest BCUT2D eigenvalue weighted by atomic mass is 19.4. The lowest BCUT2D eigenvalue weighted by atomic mass is 9.90. The zero-order chi connectivity index (χ0) is 39.9. The highest BCUT2D eigenvalue weighted by molar-refractivity contribution is 6.05. The molecule has 2 aromatic heterocycles. The topological polar surface area (TPSA) is 137 Å². The van der Waals surface area contributed by atoms with Gasteiger partial charge in [-0.25, -0.2) is 9.97 Å². The summed E-state index contributed by atoms with van der Waals surface area (Å²) in [4.78, 5) is 36.4. The number of unbranched alkanes of at least 4 members (excludes halogenated alkanes) is 1. The van der Waals surface area contributed by atoms with E-state index in [-0.39, 0.29) is 35.3 Å². The number of aromatic nitrogens is 2. The standard InChI is InChI=1S/C35H42F3N5O2.C4H10.CH5N.CH2O/c1-6-14-45-34-28(18-26(19-40-34)30-20(3)15-23(7-2)16-21(30)4)43-13-12-25(17-22(43)5)33(44)42-32(39)27-10-11-29(35(36,37)38)41-31(27)24-8-9-24;1-3-4-2;2*1-2/h10-11,15-16,18-19,22,24-25H,6-9,12-14,17H2,1-5H3,(H2,39,42,44);3-4H2,1-2H3;2H2,1H3;1H2. The molecule has 5 rings (SSSR count). The maximum Gasteiger partial charge on any atom is 0.433 e. The summed E-state index contributed by atoms with van der Waals surface area (Å²) in [6, 6.07) is 8.76. The number of amidine groups is 1. The number of hydrogen-bond donors (Lipinski definition) is 2. The Morgan fingerprint density at radius 1 is 1.00 bits per heavy atom. The third-order valence-corrected chi connectivity index (χ3v) is 9.29. The van der Waals surface area contributed by atoms with E-state index < -0.39 is 11.9 Å². The predicted octanol–water partition coefficient (Wildman–Crippen LogP) is 8.74. The van der Waals surface area contributed by atoms with E-state index in [4.69, 9.17) is 20.2 Å². The Labute approximate surface area is 313 Å². The molecule has 1 aromatic carbocycles. The molecule has 2 aliphatic rings. The minimum absolute atomic E-state index is 0.0235. The Hall–Kier alpha value is -4.32. The first-order valence-corrected chi connectivity index (χ1v) is 18.7. The minimum Gasteiger partial charge on any atom is -0.476 e. The lowest BCUT2D eigenvalue weighted by Gasteiger charge is -2.38. The number of nitrogens with two attached hydrogens (primary N) is 2. The first kappa shape index (κ1) is 44.8. The molecule has 2 atom stereocenters. The number of carbonyl (C=O) groups is 2. The number of pyridine rings is 2. The number of ether oxygens (including phenoxy) is 1. The molecule has 292 valence electrons. The molecule has 0 spiro atoms. The number of alkyl halides is 3. The van der Waals surface area contributed by atoms with Crippen LogP contribution in [0.2, 0.25) is 0 Å². The van der Waals surface area contributed by atoms with Gasteiger partial charge in [-0.3, -0.25) is 4.79 Å². The number of amides is 1. The molecule has 1 saturated heterocycles. The molecule has 1 amide bonds. The van der Waals surface area contributed by atoms with Crippen molar-refractivity contribution in [2.45, 2.75) is 118 Å². The lowest BCUT2D eigenvalue weighted by molar-refractivity contribution is -0.141. The van der Waals surface area contributed by atoms with E-state index >= 15 is 0 Å². The number of rotatable bonds is 10. The largest absolute Gasteiger partial charge is 0.476 e. The first-order chi connectivity index (χ1) is 25.3. The van der Waals surface area contributed by atoms with Crippen molar-refractivity contribution in [3.8, 4) is 17.0 Å². The molecule has 12 heteroatoms. The molecular weight excluding hydrogens is 681 g/mol. The van der Waals surface area contributed by atoms with E-state index in [9.17, 15) is 18.0 Å². The van der Waals surface area contributed by atoms with Crippen molar-refractivity contribution in [2.75, 3.05) is 25.1 Å². The number of aliphatic imine (C=N–C) groups is 1. The maximum absolute atomic E-state index is 13.3. The van der Waals surface area contributed by atoms with Gasteiger partial charge in [0.25, 0.3) is 5.91 Å². The summed E-state index contributed by atoms with van der Waals surface area (Å²) in [5.41, 5.74) is 17.1. The number of aryl methyl sites for hydroxylation is 3. The van der Waals surface area contributed by atoms with Crippen LogP contribution in [0.5, 0.6) is 5.88 Å². The van der Waals surface area contributed by atoms with Crippen molar-refractivity contribution >= 4 is 24.2 Å². The molecule has 0 radical (unpaired) electrons. The molecule has 1 aliphatic heterocycles. The normalized spacial score (nSPS) is 17.0. The number of hydrogen-bond acceptors (Lipinski definition) is 7. The van der Waals surface area contributed by atoms with Gasteiger partial charge in [0.15, 0.2) is 0 Å². The van der Waals surface area contributed by atoms with Crippen molar-refractivity contribution in [3.63, 3.8) is 0 Å². The van der Waals surface area contributed by atoms with Crippen LogP contribution >= 0.6 is 0 Å². The van der Waals surface area contributed by atoms with Gasteiger partial charge in [-0.15, -0.1) is 0 Å². The Kier molecular flexibility index (Phi) is 18.1. The van der Waals surface area contributed by atoms with Gasteiger partial charge in [-0.1, -0.05) is 52.7 Å². The van der Waals surface area contributed by atoms with Crippen LogP contribution in [0, 0.1) is 19.8 Å². The van der Waals surface area contributed by atoms with Crippen molar-refractivity contribution in [1.82, 2.24) is 9.97 Å². The molecule has 4 N–H and O–H groups in total. The Balaban J connectivity index is 0.00000112. The average molecular weight is 741 g/mol. The smallest absolute Gasteiger partial charge is 0.433 e. The van der Waals surface area contributed by atoms with E-state index in [2.05, 4.69) is 87.3 Å². The third kappa shape index (κ3) is 12.1. The average Bonchev–Trinajstić information content (AvgIpc) is 4.01. The van der Waals surface area contributed by atoms with Crippen molar-refractivity contribution < 1.29 is 27.5 Å². The summed E-state index contributed by atoms with van der Waals surface area (Å²) in [6.07, 6.45) is 4.34. The Bertz CT molecular complexity index is 1630. The number of anilines is 1.